The van der Waals surface area contributed by atoms with E-state index in [9.17, 15) is 9.59 Å². The maximum atomic E-state index is 11.2. The van der Waals surface area contributed by atoms with Gasteiger partial charge in [-0.2, -0.15) is 0 Å². The molecule has 0 saturated heterocycles. The second kappa shape index (κ2) is 10.8. The lowest BCUT2D eigenvalue weighted by Gasteiger charge is -2.06. The first-order valence-corrected chi connectivity index (χ1v) is 6.27. The minimum atomic E-state index is -0.377. The maximum Gasteiger partial charge on any atom is 0.333 e. The molecule has 0 rings (SSSR count). The third-order valence-electron chi connectivity index (χ3n) is 2.14. The Morgan fingerprint density at radius 2 is 1.78 bits per heavy atom. The second-order valence-corrected chi connectivity index (χ2v) is 3.95. The van der Waals surface area contributed by atoms with Crippen LogP contribution < -0.4 is 5.32 Å². The number of carbonyl (C=O) groups is 2. The molecule has 0 amide bonds. The molecule has 0 radical (unpaired) electrons. The van der Waals surface area contributed by atoms with Crippen molar-refractivity contribution in [2.75, 3.05) is 26.3 Å². The fourth-order valence-corrected chi connectivity index (χ4v) is 1.12. The van der Waals surface area contributed by atoms with Crippen LogP contribution in [0, 0.1) is 0 Å². The summed E-state index contributed by atoms with van der Waals surface area (Å²) in [5.74, 6) is -0.576. The van der Waals surface area contributed by atoms with Crippen molar-refractivity contribution < 1.29 is 19.1 Å². The molecule has 0 aromatic carbocycles. The van der Waals surface area contributed by atoms with E-state index in [2.05, 4.69) is 11.9 Å². The minimum absolute atomic E-state index is 0.199. The molecule has 0 fully saturated rings. The first-order valence-electron chi connectivity index (χ1n) is 6.27. The van der Waals surface area contributed by atoms with Crippen molar-refractivity contribution in [3.05, 3.63) is 12.2 Å². The molecule has 1 N–H and O–H groups in total. The van der Waals surface area contributed by atoms with Crippen LogP contribution in [0.5, 0.6) is 0 Å². The van der Waals surface area contributed by atoms with Crippen LogP contribution in [-0.4, -0.2) is 38.2 Å². The van der Waals surface area contributed by atoms with Gasteiger partial charge in [0.2, 0.25) is 0 Å². The average molecular weight is 257 g/mol. The van der Waals surface area contributed by atoms with Gasteiger partial charge in [-0.3, -0.25) is 4.79 Å². The van der Waals surface area contributed by atoms with Gasteiger partial charge < -0.3 is 14.8 Å². The minimum Gasteiger partial charge on any atom is -0.466 e. The highest BCUT2D eigenvalue weighted by molar-refractivity contribution is 5.86. The lowest BCUT2D eigenvalue weighted by Crippen LogP contribution is -2.19. The Hall–Kier alpha value is -1.36. The number of ether oxygens (including phenoxy) is 2. The number of rotatable bonds is 10. The Morgan fingerprint density at radius 1 is 1.17 bits per heavy atom. The Balaban J connectivity index is 3.32. The number of hydrogen-bond acceptors (Lipinski definition) is 5. The summed E-state index contributed by atoms with van der Waals surface area (Å²) in [6.45, 7) is 9.27. The predicted molar refractivity (Wildman–Crippen MR) is 69.1 cm³/mol. The van der Waals surface area contributed by atoms with E-state index in [0.29, 0.717) is 44.6 Å². The lowest BCUT2D eigenvalue weighted by molar-refractivity contribution is -0.144. The van der Waals surface area contributed by atoms with Gasteiger partial charge in [0.25, 0.3) is 0 Å². The largest absolute Gasteiger partial charge is 0.466 e. The Morgan fingerprint density at radius 3 is 2.33 bits per heavy atom. The summed E-state index contributed by atoms with van der Waals surface area (Å²) in [5, 5.41) is 3.05. The molecule has 0 aromatic rings. The van der Waals surface area contributed by atoms with Crippen LogP contribution in [0.4, 0.5) is 0 Å². The van der Waals surface area contributed by atoms with Crippen LogP contribution in [0.2, 0.25) is 0 Å². The molecular weight excluding hydrogens is 234 g/mol. The molecule has 18 heavy (non-hydrogen) atoms. The molecule has 0 atom stereocenters. The maximum absolute atomic E-state index is 11.2. The highest BCUT2D eigenvalue weighted by atomic mass is 16.5. The SMILES string of the molecule is C=C(C)C(=O)OCCCCOC(=O)CCNCC. The molecule has 104 valence electrons. The first-order chi connectivity index (χ1) is 8.57. The highest BCUT2D eigenvalue weighted by Gasteiger charge is 2.03. The molecule has 0 aliphatic rings. The topological polar surface area (TPSA) is 64.6 Å². The summed E-state index contributed by atoms with van der Waals surface area (Å²) in [5.41, 5.74) is 0.393. The molecule has 5 heteroatoms. The number of unbranched alkanes of at least 4 members (excludes halogenated alkanes) is 1. The Kier molecular flexibility index (Phi) is 9.96. The van der Waals surface area contributed by atoms with E-state index >= 15 is 0 Å². The van der Waals surface area contributed by atoms with Gasteiger partial charge in [-0.1, -0.05) is 13.5 Å². The van der Waals surface area contributed by atoms with Crippen LogP contribution in [0.25, 0.3) is 0 Å². The Bertz CT molecular complexity index is 276. The zero-order valence-electron chi connectivity index (χ0n) is 11.3. The van der Waals surface area contributed by atoms with E-state index in [1.165, 1.54) is 0 Å². The molecule has 5 nitrogen and oxygen atoms in total. The lowest BCUT2D eigenvalue weighted by atomic mass is 10.3. The van der Waals surface area contributed by atoms with Gasteiger partial charge in [0, 0.05) is 12.1 Å². The molecule has 0 spiro atoms. The van der Waals surface area contributed by atoms with E-state index in [1.807, 2.05) is 6.92 Å². The highest BCUT2D eigenvalue weighted by Crippen LogP contribution is 1.97. The zero-order valence-corrected chi connectivity index (χ0v) is 11.3. The van der Waals surface area contributed by atoms with Crippen LogP contribution >= 0.6 is 0 Å². The summed E-state index contributed by atoms with van der Waals surface area (Å²) in [6.07, 6.45) is 1.76. The van der Waals surface area contributed by atoms with Crippen LogP contribution in [0.15, 0.2) is 12.2 Å². The van der Waals surface area contributed by atoms with Crippen LogP contribution in [0.1, 0.15) is 33.1 Å². The van der Waals surface area contributed by atoms with Gasteiger partial charge in [-0.05, 0) is 26.3 Å². The smallest absolute Gasteiger partial charge is 0.333 e. The molecule has 0 aromatic heterocycles. The molecule has 0 aliphatic carbocycles. The first kappa shape index (κ1) is 16.6. The van der Waals surface area contributed by atoms with Gasteiger partial charge >= 0.3 is 11.9 Å². The fourth-order valence-electron chi connectivity index (χ4n) is 1.12. The van der Waals surface area contributed by atoms with E-state index in [-0.39, 0.29) is 11.9 Å². The van der Waals surface area contributed by atoms with Crippen molar-refractivity contribution in [3.8, 4) is 0 Å². The molecular formula is C13H23NO4. The van der Waals surface area contributed by atoms with E-state index in [4.69, 9.17) is 9.47 Å². The summed E-state index contributed by atoms with van der Waals surface area (Å²) >= 11 is 0. The van der Waals surface area contributed by atoms with Gasteiger partial charge in [0.05, 0.1) is 19.6 Å². The van der Waals surface area contributed by atoms with Crippen LogP contribution in [0.3, 0.4) is 0 Å². The standard InChI is InChI=1S/C13H23NO4/c1-4-14-8-7-12(15)17-9-5-6-10-18-13(16)11(2)3/h14H,2,4-10H2,1,3H3. The van der Waals surface area contributed by atoms with Gasteiger partial charge in [0.1, 0.15) is 0 Å². The molecule has 0 aliphatic heterocycles. The van der Waals surface area contributed by atoms with Crippen molar-refractivity contribution in [1.82, 2.24) is 5.32 Å². The summed E-state index contributed by atoms with van der Waals surface area (Å²) in [7, 11) is 0. The second-order valence-electron chi connectivity index (χ2n) is 3.95. The van der Waals surface area contributed by atoms with Crippen molar-refractivity contribution >= 4 is 11.9 Å². The number of esters is 2. The summed E-state index contributed by atoms with van der Waals surface area (Å²) < 4.78 is 9.91. The summed E-state index contributed by atoms with van der Waals surface area (Å²) in [4.78, 5) is 22.2. The Labute approximate surface area is 109 Å². The van der Waals surface area contributed by atoms with Crippen molar-refractivity contribution in [3.63, 3.8) is 0 Å². The molecule has 0 saturated carbocycles. The number of carbonyl (C=O) groups excluding carboxylic acids is 2. The predicted octanol–water partition coefficient (Wildman–Crippen LogP) is 1.43. The zero-order chi connectivity index (χ0) is 13.8. The van der Waals surface area contributed by atoms with Gasteiger partial charge in [0.15, 0.2) is 0 Å². The number of nitrogens with one attached hydrogen (secondary N) is 1. The molecule has 0 unspecified atom stereocenters. The van der Waals surface area contributed by atoms with E-state index in [1.54, 1.807) is 6.92 Å². The third-order valence-corrected chi connectivity index (χ3v) is 2.14. The molecule has 0 heterocycles. The summed E-state index contributed by atoms with van der Waals surface area (Å²) in [6, 6.07) is 0. The third kappa shape index (κ3) is 9.84. The average Bonchev–Trinajstić information content (AvgIpc) is 2.33. The molecule has 0 bridgehead atoms. The van der Waals surface area contributed by atoms with Crippen molar-refractivity contribution in [2.45, 2.75) is 33.1 Å². The van der Waals surface area contributed by atoms with Crippen molar-refractivity contribution in [2.24, 2.45) is 0 Å². The van der Waals surface area contributed by atoms with Gasteiger partial charge in [-0.25, -0.2) is 4.79 Å². The normalized spacial score (nSPS) is 9.89. The van der Waals surface area contributed by atoms with Gasteiger partial charge in [-0.15, -0.1) is 0 Å². The fraction of sp³-hybridized carbons (Fsp3) is 0.692. The van der Waals surface area contributed by atoms with E-state index in [0.717, 1.165) is 6.54 Å². The number of hydrogen-bond donors (Lipinski definition) is 1. The van der Waals surface area contributed by atoms with Crippen molar-refractivity contribution in [1.29, 1.82) is 0 Å². The quantitative estimate of drug-likeness (QED) is 0.364. The van der Waals surface area contributed by atoms with Crippen LogP contribution in [-0.2, 0) is 19.1 Å². The monoisotopic (exact) mass is 257 g/mol. The van der Waals surface area contributed by atoms with E-state index < -0.39 is 0 Å².